The van der Waals surface area contributed by atoms with E-state index >= 15 is 0 Å². The van der Waals surface area contributed by atoms with E-state index in [2.05, 4.69) is 24.1 Å². The molecule has 0 aromatic rings. The first-order valence-electron chi connectivity index (χ1n) is 6.59. The van der Waals surface area contributed by atoms with Gasteiger partial charge in [-0.25, -0.2) is 0 Å². The molecule has 1 heterocycles. The molecule has 0 spiro atoms. The second kappa shape index (κ2) is 5.83. The molecule has 0 aliphatic carbocycles. The highest BCUT2D eigenvalue weighted by molar-refractivity contribution is 5.86. The Morgan fingerprint density at radius 3 is 2.59 bits per heavy atom. The van der Waals surface area contributed by atoms with E-state index in [-0.39, 0.29) is 11.4 Å². The Hall–Kier alpha value is -0.610. The molecule has 1 amide bonds. The summed E-state index contributed by atoms with van der Waals surface area (Å²) in [5.41, 5.74) is -0.342. The number of carbonyl (C=O) groups excluding carboxylic acids is 1. The zero-order valence-electron chi connectivity index (χ0n) is 11.9. The fourth-order valence-electron chi connectivity index (χ4n) is 2.31. The third-order valence-corrected chi connectivity index (χ3v) is 3.52. The van der Waals surface area contributed by atoms with Crippen LogP contribution in [-0.2, 0) is 4.79 Å². The minimum absolute atomic E-state index is 0.237. The third kappa shape index (κ3) is 3.68. The van der Waals surface area contributed by atoms with Gasteiger partial charge in [-0.15, -0.1) is 0 Å². The number of nitrogens with one attached hydrogen (secondary N) is 1. The molecule has 1 rings (SSSR count). The normalized spacial score (nSPS) is 21.3. The van der Waals surface area contributed by atoms with Crippen LogP contribution >= 0.6 is 0 Å². The Morgan fingerprint density at radius 1 is 1.35 bits per heavy atom. The summed E-state index contributed by atoms with van der Waals surface area (Å²) < 4.78 is 0. The van der Waals surface area contributed by atoms with E-state index in [1.807, 2.05) is 25.8 Å². The van der Waals surface area contributed by atoms with Gasteiger partial charge in [0.2, 0.25) is 5.91 Å². The summed E-state index contributed by atoms with van der Waals surface area (Å²) in [6.45, 7) is 12.2. The zero-order chi connectivity index (χ0) is 13.1. The summed E-state index contributed by atoms with van der Waals surface area (Å²) in [4.78, 5) is 16.2. The van der Waals surface area contributed by atoms with Crippen LogP contribution in [0.1, 0.15) is 34.1 Å². The lowest BCUT2D eigenvalue weighted by atomic mass is 9.97. The molecule has 1 saturated heterocycles. The molecule has 1 aliphatic rings. The lowest BCUT2D eigenvalue weighted by molar-refractivity contribution is -0.147. The van der Waals surface area contributed by atoms with Crippen LogP contribution in [0.2, 0.25) is 0 Å². The van der Waals surface area contributed by atoms with Crippen LogP contribution in [0.4, 0.5) is 0 Å². The van der Waals surface area contributed by atoms with Gasteiger partial charge in [-0.1, -0.05) is 13.8 Å². The molecule has 0 bridgehead atoms. The second-order valence-electron chi connectivity index (χ2n) is 5.74. The average Bonchev–Trinajstić information content (AvgIpc) is 2.24. The zero-order valence-corrected chi connectivity index (χ0v) is 11.9. The standard InChI is InChI=1S/C13H27N3O/c1-11(2)14-7-6-8-16-10-9-15(5)12(17)13(16,3)4/h11,14H,6-10H2,1-5H3. The minimum Gasteiger partial charge on any atom is -0.343 e. The van der Waals surface area contributed by atoms with E-state index in [4.69, 9.17) is 0 Å². The number of hydrogen-bond acceptors (Lipinski definition) is 3. The highest BCUT2D eigenvalue weighted by Crippen LogP contribution is 2.21. The largest absolute Gasteiger partial charge is 0.343 e. The molecular weight excluding hydrogens is 214 g/mol. The van der Waals surface area contributed by atoms with Crippen molar-refractivity contribution in [2.45, 2.75) is 45.7 Å². The van der Waals surface area contributed by atoms with Crippen LogP contribution in [0.15, 0.2) is 0 Å². The van der Waals surface area contributed by atoms with Crippen molar-refractivity contribution in [3.63, 3.8) is 0 Å². The van der Waals surface area contributed by atoms with Crippen molar-refractivity contribution in [3.8, 4) is 0 Å². The van der Waals surface area contributed by atoms with Gasteiger partial charge >= 0.3 is 0 Å². The van der Waals surface area contributed by atoms with Crippen molar-refractivity contribution in [2.75, 3.05) is 33.2 Å². The summed E-state index contributed by atoms with van der Waals surface area (Å²) in [6.07, 6.45) is 1.10. The molecule has 0 aromatic heterocycles. The van der Waals surface area contributed by atoms with E-state index in [1.165, 1.54) is 0 Å². The van der Waals surface area contributed by atoms with Gasteiger partial charge in [0.25, 0.3) is 0 Å². The van der Waals surface area contributed by atoms with Crippen molar-refractivity contribution < 1.29 is 4.79 Å². The maximum Gasteiger partial charge on any atom is 0.242 e. The number of piperazine rings is 1. The summed E-state index contributed by atoms with van der Waals surface area (Å²) in [5.74, 6) is 0.237. The van der Waals surface area contributed by atoms with E-state index in [0.29, 0.717) is 6.04 Å². The fraction of sp³-hybridized carbons (Fsp3) is 0.923. The van der Waals surface area contributed by atoms with Crippen molar-refractivity contribution in [1.29, 1.82) is 0 Å². The van der Waals surface area contributed by atoms with Crippen molar-refractivity contribution >= 4 is 5.91 Å². The highest BCUT2D eigenvalue weighted by atomic mass is 16.2. The fourth-order valence-corrected chi connectivity index (χ4v) is 2.31. The minimum atomic E-state index is -0.342. The molecule has 1 N–H and O–H groups in total. The number of likely N-dealkylation sites (N-methyl/N-ethyl adjacent to an activating group) is 1. The van der Waals surface area contributed by atoms with Crippen molar-refractivity contribution in [3.05, 3.63) is 0 Å². The van der Waals surface area contributed by atoms with Crippen LogP contribution in [-0.4, -0.2) is 60.5 Å². The van der Waals surface area contributed by atoms with Gasteiger partial charge in [-0.2, -0.15) is 0 Å². The predicted molar refractivity (Wildman–Crippen MR) is 71.0 cm³/mol. The summed E-state index contributed by atoms with van der Waals surface area (Å²) in [5, 5.41) is 3.41. The highest BCUT2D eigenvalue weighted by Gasteiger charge is 2.39. The first-order chi connectivity index (χ1) is 7.85. The second-order valence-corrected chi connectivity index (χ2v) is 5.74. The lowest BCUT2D eigenvalue weighted by Gasteiger charge is -2.44. The summed E-state index contributed by atoms with van der Waals surface area (Å²) in [6, 6.07) is 0.539. The van der Waals surface area contributed by atoms with Gasteiger partial charge in [0.1, 0.15) is 0 Å². The maximum absolute atomic E-state index is 12.1. The van der Waals surface area contributed by atoms with Gasteiger partial charge in [-0.05, 0) is 26.8 Å². The first kappa shape index (κ1) is 14.5. The van der Waals surface area contributed by atoms with Crippen molar-refractivity contribution in [2.24, 2.45) is 0 Å². The van der Waals surface area contributed by atoms with Gasteiger partial charge < -0.3 is 10.2 Å². The molecule has 0 unspecified atom stereocenters. The smallest absolute Gasteiger partial charge is 0.242 e. The molecule has 4 heteroatoms. The quantitative estimate of drug-likeness (QED) is 0.727. The number of nitrogens with zero attached hydrogens (tertiary/aromatic N) is 2. The number of amides is 1. The summed E-state index contributed by atoms with van der Waals surface area (Å²) in [7, 11) is 1.89. The van der Waals surface area contributed by atoms with Gasteiger partial charge in [-0.3, -0.25) is 9.69 Å². The molecule has 0 aromatic carbocycles. The van der Waals surface area contributed by atoms with Crippen molar-refractivity contribution in [1.82, 2.24) is 15.1 Å². The molecule has 0 atom stereocenters. The molecule has 4 nitrogen and oxygen atoms in total. The maximum atomic E-state index is 12.1. The molecule has 100 valence electrons. The number of rotatable bonds is 5. The van der Waals surface area contributed by atoms with Crippen LogP contribution in [0.25, 0.3) is 0 Å². The van der Waals surface area contributed by atoms with E-state index in [0.717, 1.165) is 32.6 Å². The van der Waals surface area contributed by atoms with Crippen LogP contribution < -0.4 is 5.32 Å². The Labute approximate surface area is 105 Å². The number of carbonyl (C=O) groups is 1. The lowest BCUT2D eigenvalue weighted by Crippen LogP contribution is -2.62. The molecule has 1 aliphatic heterocycles. The Kier molecular flexibility index (Phi) is 4.95. The molecule has 0 radical (unpaired) electrons. The molecule has 0 saturated carbocycles. The molecule has 17 heavy (non-hydrogen) atoms. The van der Waals surface area contributed by atoms with Crippen LogP contribution in [0.3, 0.4) is 0 Å². The molecular formula is C13H27N3O. The van der Waals surface area contributed by atoms with Crippen LogP contribution in [0, 0.1) is 0 Å². The first-order valence-corrected chi connectivity index (χ1v) is 6.59. The van der Waals surface area contributed by atoms with E-state index in [9.17, 15) is 4.79 Å². The average molecular weight is 241 g/mol. The third-order valence-electron chi connectivity index (χ3n) is 3.52. The van der Waals surface area contributed by atoms with Crippen LogP contribution in [0.5, 0.6) is 0 Å². The Bertz CT molecular complexity index is 263. The topological polar surface area (TPSA) is 35.6 Å². The predicted octanol–water partition coefficient (Wildman–Crippen LogP) is 0.927. The molecule has 1 fully saturated rings. The monoisotopic (exact) mass is 241 g/mol. The number of hydrogen-bond donors (Lipinski definition) is 1. The Balaban J connectivity index is 2.40. The van der Waals surface area contributed by atoms with E-state index in [1.54, 1.807) is 0 Å². The van der Waals surface area contributed by atoms with Gasteiger partial charge in [0, 0.05) is 32.7 Å². The van der Waals surface area contributed by atoms with E-state index < -0.39 is 0 Å². The van der Waals surface area contributed by atoms with Gasteiger partial charge in [0.05, 0.1) is 5.54 Å². The Morgan fingerprint density at radius 2 is 2.00 bits per heavy atom. The van der Waals surface area contributed by atoms with Gasteiger partial charge in [0.15, 0.2) is 0 Å². The summed E-state index contributed by atoms with van der Waals surface area (Å²) >= 11 is 0. The SMILES string of the molecule is CC(C)NCCCN1CCN(C)C(=O)C1(C)C.